The summed E-state index contributed by atoms with van der Waals surface area (Å²) in [5, 5.41) is 0. The van der Waals surface area contributed by atoms with Gasteiger partial charge in [0.05, 0.1) is 13.2 Å². The zero-order valence-corrected chi connectivity index (χ0v) is 19.3. The Kier molecular flexibility index (Phi) is 6.48. The third kappa shape index (κ3) is 4.62. The first-order chi connectivity index (χ1) is 17.3. The van der Waals surface area contributed by atoms with Crippen LogP contribution in [0.15, 0.2) is 124 Å². The first-order valence-electron chi connectivity index (χ1n) is 11.4. The molecule has 0 N–H and O–H groups in total. The highest BCUT2D eigenvalue weighted by molar-refractivity contribution is 5.71. The lowest BCUT2D eigenvalue weighted by molar-refractivity contribution is 0.292. The molecule has 0 saturated heterocycles. The van der Waals surface area contributed by atoms with E-state index in [-0.39, 0.29) is 5.95 Å². The minimum atomic E-state index is -0.507. The van der Waals surface area contributed by atoms with Crippen molar-refractivity contribution >= 4 is 0 Å². The number of para-hydroxylation sites is 1. The molecule has 0 spiro atoms. The highest BCUT2D eigenvalue weighted by atomic mass is 16.6. The number of methoxy groups -OCH3 is 1. The van der Waals surface area contributed by atoms with Crippen molar-refractivity contribution in [1.29, 1.82) is 0 Å². The standard InChI is InChI=1S/C30H25NO4/c1-33-29-28(25-19-11-12-20-26(25)34-21-22-13-5-2-6-14-22)31(30(32)35-29)27(23-15-7-3-8-16-23)24-17-9-4-10-18-24/h2-20,27H,21H2,1H3. The lowest BCUT2D eigenvalue weighted by Crippen LogP contribution is -2.23. The number of rotatable bonds is 8. The molecule has 0 atom stereocenters. The molecule has 174 valence electrons. The maximum atomic E-state index is 13.3. The number of hydrogen-bond acceptors (Lipinski definition) is 4. The van der Waals surface area contributed by atoms with Crippen LogP contribution in [0.2, 0.25) is 0 Å². The highest BCUT2D eigenvalue weighted by Gasteiger charge is 2.29. The van der Waals surface area contributed by atoms with Crippen molar-refractivity contribution in [3.05, 3.63) is 143 Å². The van der Waals surface area contributed by atoms with Crippen LogP contribution in [-0.4, -0.2) is 11.7 Å². The van der Waals surface area contributed by atoms with Crippen LogP contribution >= 0.6 is 0 Å². The molecule has 1 heterocycles. The molecule has 5 rings (SSSR count). The van der Waals surface area contributed by atoms with E-state index < -0.39 is 11.8 Å². The molecule has 0 radical (unpaired) electrons. The van der Waals surface area contributed by atoms with Gasteiger partial charge in [0, 0.05) is 5.56 Å². The molecule has 0 aliphatic rings. The zero-order valence-electron chi connectivity index (χ0n) is 19.3. The van der Waals surface area contributed by atoms with Crippen molar-refractivity contribution in [3.63, 3.8) is 0 Å². The van der Waals surface area contributed by atoms with Crippen LogP contribution in [0.1, 0.15) is 22.7 Å². The van der Waals surface area contributed by atoms with Crippen LogP contribution in [0, 0.1) is 0 Å². The summed E-state index contributed by atoms with van der Waals surface area (Å²) in [6.07, 6.45) is 0. The fraction of sp³-hybridized carbons (Fsp3) is 0.100. The largest absolute Gasteiger partial charge is 0.488 e. The summed E-state index contributed by atoms with van der Waals surface area (Å²) in [6, 6.07) is 36.9. The number of oxazole rings is 1. The molecule has 5 nitrogen and oxygen atoms in total. The van der Waals surface area contributed by atoms with Gasteiger partial charge in [-0.05, 0) is 28.8 Å². The Morgan fingerprint density at radius 1 is 0.743 bits per heavy atom. The first kappa shape index (κ1) is 22.3. The molecular weight excluding hydrogens is 438 g/mol. The molecule has 1 aromatic heterocycles. The van der Waals surface area contributed by atoms with Crippen molar-refractivity contribution in [3.8, 4) is 23.0 Å². The highest BCUT2D eigenvalue weighted by Crippen LogP contribution is 2.40. The fourth-order valence-electron chi connectivity index (χ4n) is 4.26. The monoisotopic (exact) mass is 463 g/mol. The van der Waals surface area contributed by atoms with Gasteiger partial charge in [0.15, 0.2) is 0 Å². The Hall–Kier alpha value is -4.51. The van der Waals surface area contributed by atoms with E-state index in [0.717, 1.165) is 16.7 Å². The third-order valence-corrected chi connectivity index (χ3v) is 5.86. The van der Waals surface area contributed by atoms with Gasteiger partial charge < -0.3 is 13.9 Å². The Morgan fingerprint density at radius 2 is 1.29 bits per heavy atom. The minimum absolute atomic E-state index is 0.141. The van der Waals surface area contributed by atoms with Gasteiger partial charge in [-0.2, -0.15) is 0 Å². The van der Waals surface area contributed by atoms with Gasteiger partial charge >= 0.3 is 11.7 Å². The van der Waals surface area contributed by atoms with Crippen LogP contribution < -0.4 is 15.2 Å². The van der Waals surface area contributed by atoms with Crippen LogP contribution in [0.4, 0.5) is 0 Å². The summed E-state index contributed by atoms with van der Waals surface area (Å²) < 4.78 is 19.0. The van der Waals surface area contributed by atoms with Gasteiger partial charge in [-0.15, -0.1) is 0 Å². The second-order valence-electron chi connectivity index (χ2n) is 8.07. The van der Waals surface area contributed by atoms with Gasteiger partial charge in [-0.1, -0.05) is 103 Å². The second-order valence-corrected chi connectivity index (χ2v) is 8.07. The second kappa shape index (κ2) is 10.2. The molecule has 5 aromatic rings. The number of aromatic nitrogens is 1. The molecule has 0 aliphatic carbocycles. The summed E-state index contributed by atoms with van der Waals surface area (Å²) in [7, 11) is 1.50. The molecule has 0 bridgehead atoms. The summed E-state index contributed by atoms with van der Waals surface area (Å²) in [6.45, 7) is 0.392. The van der Waals surface area contributed by atoms with Crippen molar-refractivity contribution < 1.29 is 13.9 Å². The van der Waals surface area contributed by atoms with Crippen molar-refractivity contribution in [2.24, 2.45) is 0 Å². The van der Waals surface area contributed by atoms with Crippen molar-refractivity contribution in [1.82, 2.24) is 4.57 Å². The fourth-order valence-corrected chi connectivity index (χ4v) is 4.26. The molecule has 0 amide bonds. The molecule has 0 saturated carbocycles. The Morgan fingerprint density at radius 3 is 1.89 bits per heavy atom. The maximum Gasteiger partial charge on any atom is 0.423 e. The number of ether oxygens (including phenoxy) is 2. The number of hydrogen-bond donors (Lipinski definition) is 0. The quantitative estimate of drug-likeness (QED) is 0.270. The number of benzene rings is 4. The molecule has 0 unspecified atom stereocenters. The lowest BCUT2D eigenvalue weighted by atomic mass is 9.97. The lowest BCUT2D eigenvalue weighted by Gasteiger charge is -2.21. The number of nitrogens with zero attached hydrogens (tertiary/aromatic N) is 1. The van der Waals surface area contributed by atoms with E-state index in [2.05, 4.69) is 0 Å². The molecule has 0 aliphatic heterocycles. The van der Waals surface area contributed by atoms with Gasteiger partial charge in [-0.25, -0.2) is 4.79 Å². The molecular formula is C30H25NO4. The smallest absolute Gasteiger partial charge is 0.423 e. The van der Waals surface area contributed by atoms with E-state index in [1.54, 1.807) is 4.57 Å². The van der Waals surface area contributed by atoms with E-state index in [9.17, 15) is 4.79 Å². The van der Waals surface area contributed by atoms with Crippen LogP contribution in [0.25, 0.3) is 11.3 Å². The van der Waals surface area contributed by atoms with Gasteiger partial charge in [0.2, 0.25) is 0 Å². The maximum absolute atomic E-state index is 13.3. The summed E-state index contributed by atoms with van der Waals surface area (Å²) in [5.41, 5.74) is 4.19. The van der Waals surface area contributed by atoms with Crippen LogP contribution in [0.5, 0.6) is 11.7 Å². The van der Waals surface area contributed by atoms with Crippen molar-refractivity contribution in [2.75, 3.05) is 7.11 Å². The molecule has 35 heavy (non-hydrogen) atoms. The predicted molar refractivity (Wildman–Crippen MR) is 136 cm³/mol. The summed E-state index contributed by atoms with van der Waals surface area (Å²) >= 11 is 0. The average Bonchev–Trinajstić information content (AvgIpc) is 3.25. The predicted octanol–water partition coefficient (Wildman–Crippen LogP) is 6.33. The topological polar surface area (TPSA) is 53.6 Å². The first-order valence-corrected chi connectivity index (χ1v) is 11.4. The third-order valence-electron chi connectivity index (χ3n) is 5.86. The minimum Gasteiger partial charge on any atom is -0.488 e. The molecule has 5 heteroatoms. The van der Waals surface area contributed by atoms with E-state index >= 15 is 0 Å². The van der Waals surface area contributed by atoms with E-state index in [1.165, 1.54) is 7.11 Å². The van der Waals surface area contributed by atoms with Crippen LogP contribution in [-0.2, 0) is 6.61 Å². The Labute approximate surface area is 203 Å². The molecule has 4 aromatic carbocycles. The van der Waals surface area contributed by atoms with Crippen LogP contribution in [0.3, 0.4) is 0 Å². The summed E-state index contributed by atoms with van der Waals surface area (Å²) in [5.74, 6) is 0.263. The van der Waals surface area contributed by atoms with E-state index in [4.69, 9.17) is 13.9 Å². The normalized spacial score (nSPS) is 10.9. The Bertz CT molecular complexity index is 1400. The van der Waals surface area contributed by atoms with E-state index in [0.29, 0.717) is 23.6 Å². The zero-order chi connectivity index (χ0) is 24.0. The average molecular weight is 464 g/mol. The van der Waals surface area contributed by atoms with Gasteiger partial charge in [0.25, 0.3) is 0 Å². The Balaban J connectivity index is 1.68. The van der Waals surface area contributed by atoms with Crippen molar-refractivity contribution in [2.45, 2.75) is 12.6 Å². The van der Waals surface area contributed by atoms with Gasteiger partial charge in [0.1, 0.15) is 18.1 Å². The SMILES string of the molecule is COc1oc(=O)n(C(c2ccccc2)c2ccccc2)c1-c1ccccc1OCc1ccccc1. The van der Waals surface area contributed by atoms with Gasteiger partial charge in [-0.3, -0.25) is 4.57 Å². The summed E-state index contributed by atoms with van der Waals surface area (Å²) in [4.78, 5) is 13.3. The molecule has 0 fully saturated rings. The van der Waals surface area contributed by atoms with E-state index in [1.807, 2.05) is 115 Å².